The molecule has 1 N–H and O–H groups in total. The molecule has 0 spiro atoms. The molecule has 4 aromatic rings. The van der Waals surface area contributed by atoms with Crippen molar-refractivity contribution >= 4 is 22.7 Å². The lowest BCUT2D eigenvalue weighted by Crippen LogP contribution is -2.37. The summed E-state index contributed by atoms with van der Waals surface area (Å²) >= 11 is 0. The van der Waals surface area contributed by atoms with Crippen LogP contribution in [0.25, 0.3) is 22.7 Å². The summed E-state index contributed by atoms with van der Waals surface area (Å²) < 4.78 is 41.0. The number of aromatic amines is 1. The Morgan fingerprint density at radius 1 is 0.919 bits per heavy atom. The molecular weight excluding hydrogens is 476 g/mol. The number of nitrogens with zero attached hydrogens (tertiary/aromatic N) is 2. The molecule has 0 amide bonds. The highest BCUT2D eigenvalue weighted by atomic mass is 19.1. The monoisotopic (exact) mass is 503 g/mol. The predicted molar refractivity (Wildman–Crippen MR) is 139 cm³/mol. The number of rotatable bonds is 5. The van der Waals surface area contributed by atoms with Crippen molar-refractivity contribution in [1.29, 1.82) is 0 Å². The van der Waals surface area contributed by atoms with Crippen molar-refractivity contribution in [3.63, 3.8) is 0 Å². The summed E-state index contributed by atoms with van der Waals surface area (Å²) in [5.41, 5.74) is 5.35. The van der Waals surface area contributed by atoms with Crippen LogP contribution in [0.5, 0.6) is 5.75 Å². The number of ether oxygens (including phenoxy) is 2. The maximum Gasteiger partial charge on any atom is 0.326 e. The Morgan fingerprint density at radius 2 is 1.70 bits per heavy atom. The predicted octanol–water partition coefficient (Wildman–Crippen LogP) is 4.81. The number of fused-ring (bicyclic) bond motifs is 3. The maximum atomic E-state index is 14.0. The van der Waals surface area contributed by atoms with Crippen LogP contribution in [0.15, 0.2) is 59.4 Å². The van der Waals surface area contributed by atoms with Crippen molar-refractivity contribution < 1.29 is 18.3 Å². The van der Waals surface area contributed by atoms with E-state index in [4.69, 9.17) is 9.47 Å². The van der Waals surface area contributed by atoms with Gasteiger partial charge in [-0.05, 0) is 65.6 Å². The molecule has 3 heterocycles. The quantitative estimate of drug-likeness (QED) is 0.425. The van der Waals surface area contributed by atoms with Gasteiger partial charge in [0, 0.05) is 43.4 Å². The van der Waals surface area contributed by atoms with E-state index >= 15 is 0 Å². The molecule has 1 fully saturated rings. The molecule has 1 saturated heterocycles. The van der Waals surface area contributed by atoms with E-state index in [1.807, 2.05) is 24.3 Å². The van der Waals surface area contributed by atoms with Gasteiger partial charge < -0.3 is 14.5 Å². The second-order valence-corrected chi connectivity index (χ2v) is 9.45. The zero-order valence-electron chi connectivity index (χ0n) is 20.3. The van der Waals surface area contributed by atoms with E-state index in [0.717, 1.165) is 72.6 Å². The maximum absolute atomic E-state index is 14.0. The SMILES string of the molecule is O=c1[nH]c2cc(/C=C3\c4ccc(F)cc4COc4cc(F)ccc43)ccc2n1CCCN1CCOCC1. The van der Waals surface area contributed by atoms with Crippen LogP contribution in [0.3, 0.4) is 0 Å². The summed E-state index contributed by atoms with van der Waals surface area (Å²) in [5.74, 6) is -0.347. The largest absolute Gasteiger partial charge is 0.488 e. The van der Waals surface area contributed by atoms with Gasteiger partial charge in [-0.25, -0.2) is 13.6 Å². The van der Waals surface area contributed by atoms with Crippen LogP contribution in [0.2, 0.25) is 0 Å². The van der Waals surface area contributed by atoms with E-state index in [9.17, 15) is 13.6 Å². The van der Waals surface area contributed by atoms with Crippen LogP contribution in [0.4, 0.5) is 8.78 Å². The van der Waals surface area contributed by atoms with E-state index in [1.54, 1.807) is 16.7 Å². The molecule has 0 radical (unpaired) electrons. The van der Waals surface area contributed by atoms with Gasteiger partial charge in [0.1, 0.15) is 24.0 Å². The van der Waals surface area contributed by atoms with E-state index in [0.29, 0.717) is 17.9 Å². The fraction of sp³-hybridized carbons (Fsp3) is 0.276. The molecule has 2 aliphatic heterocycles. The van der Waals surface area contributed by atoms with E-state index < -0.39 is 5.82 Å². The first-order chi connectivity index (χ1) is 18.0. The van der Waals surface area contributed by atoms with E-state index in [-0.39, 0.29) is 18.1 Å². The lowest BCUT2D eigenvalue weighted by molar-refractivity contribution is 0.0369. The summed E-state index contributed by atoms with van der Waals surface area (Å²) in [7, 11) is 0. The zero-order valence-corrected chi connectivity index (χ0v) is 20.3. The van der Waals surface area contributed by atoms with Gasteiger partial charge in [0.2, 0.25) is 0 Å². The van der Waals surface area contributed by atoms with Crippen LogP contribution in [0, 0.1) is 11.6 Å². The van der Waals surface area contributed by atoms with Crippen molar-refractivity contribution in [2.24, 2.45) is 0 Å². The lowest BCUT2D eigenvalue weighted by atomic mass is 9.92. The molecule has 3 aromatic carbocycles. The molecule has 0 atom stereocenters. The Balaban J connectivity index is 1.34. The normalized spacial score (nSPS) is 16.9. The first kappa shape index (κ1) is 23.6. The molecule has 0 aliphatic carbocycles. The van der Waals surface area contributed by atoms with Gasteiger partial charge in [0.25, 0.3) is 0 Å². The van der Waals surface area contributed by atoms with E-state index in [1.165, 1.54) is 24.3 Å². The van der Waals surface area contributed by atoms with Gasteiger partial charge in [0.15, 0.2) is 0 Å². The summed E-state index contributed by atoms with van der Waals surface area (Å²) in [6.07, 6.45) is 2.84. The minimum atomic E-state index is -0.399. The second-order valence-electron chi connectivity index (χ2n) is 9.45. The van der Waals surface area contributed by atoms with Gasteiger partial charge in [-0.3, -0.25) is 9.47 Å². The standard InChI is InChI=1S/C29H27F2N3O3/c30-21-3-5-23-20(16-21)18-37-28-17-22(31)4-6-24(28)25(23)14-19-2-7-27-26(15-19)32-29(35)34(27)9-1-8-33-10-12-36-13-11-33/h2-7,14-17H,1,8-13,18H2,(H,32,35)/b25-14+. The zero-order chi connectivity index (χ0) is 25.4. The Bertz CT molecular complexity index is 1490. The first-order valence-corrected chi connectivity index (χ1v) is 12.5. The van der Waals surface area contributed by atoms with Crippen molar-refractivity contribution in [2.75, 3.05) is 32.8 Å². The third kappa shape index (κ3) is 4.82. The number of morpholine rings is 1. The first-order valence-electron chi connectivity index (χ1n) is 12.5. The average Bonchev–Trinajstić information content (AvgIpc) is 3.13. The van der Waals surface area contributed by atoms with Crippen molar-refractivity contribution in [1.82, 2.24) is 14.5 Å². The Morgan fingerprint density at radius 3 is 2.54 bits per heavy atom. The molecule has 2 aliphatic rings. The number of aromatic nitrogens is 2. The van der Waals surface area contributed by atoms with Gasteiger partial charge in [-0.15, -0.1) is 0 Å². The summed E-state index contributed by atoms with van der Waals surface area (Å²) in [6.45, 7) is 5.07. The smallest absolute Gasteiger partial charge is 0.326 e. The highest BCUT2D eigenvalue weighted by molar-refractivity contribution is 5.95. The van der Waals surface area contributed by atoms with Gasteiger partial charge >= 0.3 is 5.69 Å². The molecule has 37 heavy (non-hydrogen) atoms. The molecule has 0 saturated carbocycles. The number of imidazole rings is 1. The van der Waals surface area contributed by atoms with Gasteiger partial charge in [0.05, 0.1) is 24.2 Å². The summed E-state index contributed by atoms with van der Waals surface area (Å²) in [6, 6.07) is 14.8. The third-order valence-corrected chi connectivity index (χ3v) is 7.04. The van der Waals surface area contributed by atoms with Gasteiger partial charge in [-0.1, -0.05) is 12.1 Å². The number of H-pyrrole nitrogens is 1. The molecule has 0 unspecified atom stereocenters. The molecule has 190 valence electrons. The molecular formula is C29H27F2N3O3. The Kier molecular flexibility index (Phi) is 6.36. The fourth-order valence-corrected chi connectivity index (χ4v) is 5.18. The number of benzene rings is 3. The number of aryl methyl sites for hydroxylation is 1. The highest BCUT2D eigenvalue weighted by Gasteiger charge is 2.21. The minimum Gasteiger partial charge on any atom is -0.488 e. The minimum absolute atomic E-state index is 0.133. The van der Waals surface area contributed by atoms with Crippen LogP contribution < -0.4 is 10.4 Å². The number of hydrogen-bond acceptors (Lipinski definition) is 4. The molecule has 8 heteroatoms. The van der Waals surface area contributed by atoms with Crippen molar-refractivity contribution in [3.05, 3.63) is 99.0 Å². The Hall–Kier alpha value is -3.75. The van der Waals surface area contributed by atoms with Crippen LogP contribution in [0.1, 0.15) is 28.7 Å². The van der Waals surface area contributed by atoms with Crippen molar-refractivity contribution in [3.8, 4) is 5.75 Å². The molecule has 6 nitrogen and oxygen atoms in total. The van der Waals surface area contributed by atoms with Crippen molar-refractivity contribution in [2.45, 2.75) is 19.6 Å². The van der Waals surface area contributed by atoms with E-state index in [2.05, 4.69) is 9.88 Å². The molecule has 0 bridgehead atoms. The van der Waals surface area contributed by atoms with Crippen LogP contribution >= 0.6 is 0 Å². The summed E-state index contributed by atoms with van der Waals surface area (Å²) in [5, 5.41) is 0. The fourth-order valence-electron chi connectivity index (χ4n) is 5.18. The highest BCUT2D eigenvalue weighted by Crippen LogP contribution is 2.38. The second kappa shape index (κ2) is 9.95. The number of hydrogen-bond donors (Lipinski definition) is 1. The van der Waals surface area contributed by atoms with Crippen LogP contribution in [-0.2, 0) is 17.9 Å². The number of halogens is 2. The van der Waals surface area contributed by atoms with Gasteiger partial charge in [-0.2, -0.15) is 0 Å². The van der Waals surface area contributed by atoms with Crippen LogP contribution in [-0.4, -0.2) is 47.3 Å². The molecule has 6 rings (SSSR count). The topological polar surface area (TPSA) is 59.5 Å². The average molecular weight is 504 g/mol. The summed E-state index contributed by atoms with van der Waals surface area (Å²) in [4.78, 5) is 18.1. The Labute approximate surface area is 212 Å². The number of nitrogens with one attached hydrogen (secondary N) is 1. The molecule has 1 aromatic heterocycles. The third-order valence-electron chi connectivity index (χ3n) is 7.04. The lowest BCUT2D eigenvalue weighted by Gasteiger charge is -2.26.